The molecule has 0 aliphatic carbocycles. The van der Waals surface area contributed by atoms with Crippen LogP contribution in [-0.2, 0) is 12.8 Å². The van der Waals surface area contributed by atoms with Crippen molar-refractivity contribution in [3.8, 4) is 0 Å². The van der Waals surface area contributed by atoms with E-state index in [9.17, 15) is 0 Å². The maximum Gasteiger partial charge on any atom is 0.171 e. The van der Waals surface area contributed by atoms with E-state index in [0.29, 0.717) is 5.11 Å². The normalized spacial score (nSPS) is 10.6. The minimum atomic E-state index is 0.00580. The Kier molecular flexibility index (Phi) is 6.61. The van der Waals surface area contributed by atoms with Crippen LogP contribution in [0.4, 0.5) is 5.69 Å². The van der Waals surface area contributed by atoms with Crippen molar-refractivity contribution in [2.24, 2.45) is 0 Å². The van der Waals surface area contributed by atoms with E-state index in [1.54, 1.807) is 0 Å². The van der Waals surface area contributed by atoms with Gasteiger partial charge in [-0.1, -0.05) is 92.7 Å². The molecule has 0 radical (unpaired) electrons. The lowest BCUT2D eigenvalue weighted by Crippen LogP contribution is -2.33. The molecule has 3 rings (SSSR count). The van der Waals surface area contributed by atoms with Crippen molar-refractivity contribution in [3.63, 3.8) is 0 Å². The highest BCUT2D eigenvalue weighted by Gasteiger charge is 2.16. The molecule has 0 aliphatic rings. The standard InChI is InChI=1S/C24H26N2S/c1-3-18-16-11-17-19(4-2)22(18)25-24(27)26-23(20-12-7-5-8-13-20)21-14-9-6-10-15-21/h5-17,23H,3-4H2,1-2H3,(H2,25,26,27). The molecule has 3 heteroatoms. The van der Waals surface area contributed by atoms with E-state index >= 15 is 0 Å². The molecule has 0 atom stereocenters. The molecule has 0 aliphatic heterocycles. The van der Waals surface area contributed by atoms with Gasteiger partial charge in [-0.2, -0.15) is 0 Å². The van der Waals surface area contributed by atoms with Crippen LogP contribution in [-0.4, -0.2) is 5.11 Å². The third-order valence-corrected chi connectivity index (χ3v) is 5.00. The van der Waals surface area contributed by atoms with E-state index in [1.807, 2.05) is 12.1 Å². The predicted molar refractivity (Wildman–Crippen MR) is 119 cm³/mol. The molecule has 0 bridgehead atoms. The van der Waals surface area contributed by atoms with Crippen LogP contribution in [0.25, 0.3) is 0 Å². The summed E-state index contributed by atoms with van der Waals surface area (Å²) in [6.45, 7) is 4.35. The Balaban J connectivity index is 1.86. The van der Waals surface area contributed by atoms with E-state index in [4.69, 9.17) is 12.2 Å². The molecule has 2 N–H and O–H groups in total. The SMILES string of the molecule is CCc1cccc(CC)c1NC(=S)NC(c1ccccc1)c1ccccc1. The monoisotopic (exact) mass is 374 g/mol. The second-order valence-electron chi connectivity index (χ2n) is 6.51. The van der Waals surface area contributed by atoms with E-state index in [1.165, 1.54) is 22.3 Å². The third-order valence-electron chi connectivity index (χ3n) is 4.78. The number of thiocarbonyl (C=S) groups is 1. The lowest BCUT2D eigenvalue weighted by Gasteiger charge is -2.23. The van der Waals surface area contributed by atoms with Gasteiger partial charge in [0.1, 0.15) is 0 Å². The van der Waals surface area contributed by atoms with Gasteiger partial charge in [0.2, 0.25) is 0 Å². The zero-order valence-electron chi connectivity index (χ0n) is 15.9. The maximum atomic E-state index is 5.71. The highest BCUT2D eigenvalue weighted by atomic mass is 32.1. The number of hydrogen-bond donors (Lipinski definition) is 2. The van der Waals surface area contributed by atoms with Gasteiger partial charge in [0, 0.05) is 5.69 Å². The van der Waals surface area contributed by atoms with Gasteiger partial charge in [0.05, 0.1) is 6.04 Å². The van der Waals surface area contributed by atoms with E-state index < -0.39 is 0 Å². The zero-order valence-corrected chi connectivity index (χ0v) is 16.7. The van der Waals surface area contributed by atoms with Gasteiger partial charge in [-0.25, -0.2) is 0 Å². The Morgan fingerprint density at radius 3 is 1.67 bits per heavy atom. The summed E-state index contributed by atoms with van der Waals surface area (Å²) in [6.07, 6.45) is 1.94. The summed E-state index contributed by atoms with van der Waals surface area (Å²) in [4.78, 5) is 0. The van der Waals surface area contributed by atoms with Crippen LogP contribution in [0.5, 0.6) is 0 Å². The molecule has 0 spiro atoms. The van der Waals surface area contributed by atoms with Crippen LogP contribution in [0.3, 0.4) is 0 Å². The number of benzene rings is 3. The predicted octanol–water partition coefficient (Wildman–Crippen LogP) is 5.89. The van der Waals surface area contributed by atoms with Gasteiger partial charge in [-0.15, -0.1) is 0 Å². The van der Waals surface area contributed by atoms with E-state index in [2.05, 4.69) is 91.2 Å². The number of anilines is 1. The second kappa shape index (κ2) is 9.33. The van der Waals surface area contributed by atoms with Gasteiger partial charge in [0.25, 0.3) is 0 Å². The first-order valence-corrected chi connectivity index (χ1v) is 9.92. The molecule has 27 heavy (non-hydrogen) atoms. The fourth-order valence-electron chi connectivity index (χ4n) is 3.33. The summed E-state index contributed by atoms with van der Waals surface area (Å²) in [5.41, 5.74) is 6.09. The number of rotatable bonds is 6. The molecule has 0 unspecified atom stereocenters. The Hall–Kier alpha value is -2.65. The van der Waals surface area contributed by atoms with Crippen LogP contribution >= 0.6 is 12.2 Å². The van der Waals surface area contributed by atoms with Crippen molar-refractivity contribution in [1.29, 1.82) is 0 Å². The lowest BCUT2D eigenvalue weighted by atomic mass is 9.99. The van der Waals surface area contributed by atoms with Gasteiger partial charge in [0.15, 0.2) is 5.11 Å². The minimum Gasteiger partial charge on any atom is -0.352 e. The second-order valence-corrected chi connectivity index (χ2v) is 6.92. The summed E-state index contributed by atoms with van der Waals surface area (Å²) in [6, 6.07) is 27.3. The molecule has 0 amide bonds. The van der Waals surface area contributed by atoms with Crippen molar-refractivity contribution < 1.29 is 0 Å². The number of hydrogen-bond acceptors (Lipinski definition) is 1. The smallest absolute Gasteiger partial charge is 0.171 e. The average Bonchev–Trinajstić information content (AvgIpc) is 2.73. The molecule has 0 fully saturated rings. The van der Waals surface area contributed by atoms with Crippen molar-refractivity contribution in [1.82, 2.24) is 5.32 Å². The molecule has 0 saturated heterocycles. The molecule has 3 aromatic rings. The van der Waals surface area contributed by atoms with E-state index in [0.717, 1.165) is 18.5 Å². The molecule has 0 aromatic heterocycles. The molecule has 0 heterocycles. The van der Waals surface area contributed by atoms with Gasteiger partial charge >= 0.3 is 0 Å². The number of nitrogens with one attached hydrogen (secondary N) is 2. The van der Waals surface area contributed by atoms with Crippen molar-refractivity contribution >= 4 is 23.0 Å². The van der Waals surface area contributed by atoms with Crippen LogP contribution in [0.1, 0.15) is 42.1 Å². The first-order valence-electron chi connectivity index (χ1n) is 9.51. The Morgan fingerprint density at radius 2 is 1.22 bits per heavy atom. The van der Waals surface area contributed by atoms with Gasteiger partial charge in [-0.3, -0.25) is 0 Å². The molecule has 0 saturated carbocycles. The summed E-state index contributed by atoms with van der Waals surface area (Å²) >= 11 is 5.71. The van der Waals surface area contributed by atoms with Crippen LogP contribution < -0.4 is 10.6 Å². The fourth-order valence-corrected chi connectivity index (χ4v) is 3.55. The van der Waals surface area contributed by atoms with Crippen LogP contribution in [0.2, 0.25) is 0 Å². The summed E-state index contributed by atoms with van der Waals surface area (Å²) < 4.78 is 0. The third kappa shape index (κ3) is 4.75. The average molecular weight is 375 g/mol. The van der Waals surface area contributed by atoms with Crippen molar-refractivity contribution in [2.45, 2.75) is 32.7 Å². The minimum absolute atomic E-state index is 0.00580. The van der Waals surface area contributed by atoms with Gasteiger partial charge < -0.3 is 10.6 Å². The quantitative estimate of drug-likeness (QED) is 0.526. The molecule has 2 nitrogen and oxygen atoms in total. The molecule has 3 aromatic carbocycles. The molecular formula is C24H26N2S. The first kappa shape index (κ1) is 19.1. The summed E-state index contributed by atoms with van der Waals surface area (Å²) in [7, 11) is 0. The topological polar surface area (TPSA) is 24.1 Å². The van der Waals surface area contributed by atoms with Gasteiger partial charge in [-0.05, 0) is 47.3 Å². The number of aryl methyl sites for hydroxylation is 2. The van der Waals surface area contributed by atoms with Crippen LogP contribution in [0, 0.1) is 0 Å². The van der Waals surface area contributed by atoms with Crippen LogP contribution in [0.15, 0.2) is 78.9 Å². The van der Waals surface area contributed by atoms with E-state index in [-0.39, 0.29) is 6.04 Å². The van der Waals surface area contributed by atoms with Crippen molar-refractivity contribution in [3.05, 3.63) is 101 Å². The summed E-state index contributed by atoms with van der Waals surface area (Å²) in [5, 5.41) is 7.63. The van der Waals surface area contributed by atoms with Crippen molar-refractivity contribution in [2.75, 3.05) is 5.32 Å². The maximum absolute atomic E-state index is 5.71. The zero-order chi connectivity index (χ0) is 19.1. The first-order chi connectivity index (χ1) is 13.2. The Morgan fingerprint density at radius 1 is 0.741 bits per heavy atom. The molecule has 138 valence electrons. The summed E-state index contributed by atoms with van der Waals surface area (Å²) in [5.74, 6) is 0. The fraction of sp³-hybridized carbons (Fsp3) is 0.208. The Labute approximate surface area is 167 Å². The highest BCUT2D eigenvalue weighted by Crippen LogP contribution is 2.25. The highest BCUT2D eigenvalue weighted by molar-refractivity contribution is 7.80. The Bertz CT molecular complexity index is 814. The largest absolute Gasteiger partial charge is 0.352 e. The molecular weight excluding hydrogens is 348 g/mol. The lowest BCUT2D eigenvalue weighted by molar-refractivity contribution is 0.768. The number of para-hydroxylation sites is 1.